The molecule has 0 radical (unpaired) electrons. The number of amides is 3. The van der Waals surface area contributed by atoms with E-state index >= 15 is 0 Å². The number of nitrogens with zero attached hydrogens (tertiary/aromatic N) is 2. The molecule has 0 bridgehead atoms. The van der Waals surface area contributed by atoms with Crippen molar-refractivity contribution in [3.8, 4) is 0 Å². The van der Waals surface area contributed by atoms with Crippen LogP contribution in [0.25, 0.3) is 0 Å². The Labute approximate surface area is 161 Å². The fraction of sp³-hybridized carbons (Fsp3) is 0.579. The van der Waals surface area contributed by atoms with E-state index in [0.29, 0.717) is 17.3 Å². The van der Waals surface area contributed by atoms with Crippen molar-refractivity contribution in [3.05, 3.63) is 29.8 Å². The van der Waals surface area contributed by atoms with Crippen LogP contribution in [0.3, 0.4) is 0 Å². The molecule has 1 saturated carbocycles. The number of likely N-dealkylation sites (tertiary alicyclic amines) is 1. The van der Waals surface area contributed by atoms with Crippen molar-refractivity contribution in [1.29, 1.82) is 0 Å². The lowest BCUT2D eigenvalue weighted by atomic mass is 10.0. The Morgan fingerprint density at radius 3 is 2.46 bits per heavy atom. The molecule has 1 aliphatic heterocycles. The highest BCUT2D eigenvalue weighted by Crippen LogP contribution is 2.28. The molecule has 0 unspecified atom stereocenters. The molecule has 2 fully saturated rings. The quantitative estimate of drug-likeness (QED) is 0.825. The lowest BCUT2D eigenvalue weighted by Gasteiger charge is -2.32. The molecule has 144 valence electrons. The summed E-state index contributed by atoms with van der Waals surface area (Å²) in [5.41, 5.74) is 1.27. The van der Waals surface area contributed by atoms with E-state index in [-0.39, 0.29) is 24.3 Å². The number of rotatable bonds is 5. The number of benzene rings is 1. The van der Waals surface area contributed by atoms with Crippen LogP contribution >= 0.6 is 12.4 Å². The number of piperidine rings is 1. The zero-order valence-corrected chi connectivity index (χ0v) is 16.3. The van der Waals surface area contributed by atoms with Gasteiger partial charge in [-0.3, -0.25) is 4.79 Å². The standard InChI is InChI=1S/C19H28N4O2.ClH/c1-22(2)19(25)21-17-5-3-4-15(12-17)18(24)23-10-8-16(9-11-23)20-13-14-6-7-14;/h3-5,12,14,16,20H,6-11,13H2,1-2H3,(H,21,25);1H. The molecule has 0 spiro atoms. The Balaban J connectivity index is 0.00000243. The SMILES string of the molecule is CN(C)C(=O)Nc1cccc(C(=O)N2CCC(NCC3CC3)CC2)c1.Cl. The molecule has 3 rings (SSSR count). The minimum Gasteiger partial charge on any atom is -0.339 e. The van der Waals surface area contributed by atoms with E-state index in [1.165, 1.54) is 17.7 Å². The molecule has 3 amide bonds. The van der Waals surface area contributed by atoms with Crippen LogP contribution in [0, 0.1) is 5.92 Å². The maximum Gasteiger partial charge on any atom is 0.321 e. The molecule has 1 heterocycles. The fourth-order valence-electron chi connectivity index (χ4n) is 3.09. The lowest BCUT2D eigenvalue weighted by molar-refractivity contribution is 0.0705. The van der Waals surface area contributed by atoms with Crippen molar-refractivity contribution in [1.82, 2.24) is 15.1 Å². The number of hydrogen-bond acceptors (Lipinski definition) is 3. The molecule has 26 heavy (non-hydrogen) atoms. The van der Waals surface area contributed by atoms with E-state index in [9.17, 15) is 9.59 Å². The summed E-state index contributed by atoms with van der Waals surface area (Å²) in [5.74, 6) is 0.932. The highest BCUT2D eigenvalue weighted by atomic mass is 35.5. The van der Waals surface area contributed by atoms with Crippen LogP contribution in [0.15, 0.2) is 24.3 Å². The van der Waals surface area contributed by atoms with Gasteiger partial charge in [0.2, 0.25) is 0 Å². The first-order chi connectivity index (χ1) is 12.0. The summed E-state index contributed by atoms with van der Waals surface area (Å²) in [4.78, 5) is 27.9. The van der Waals surface area contributed by atoms with E-state index in [4.69, 9.17) is 0 Å². The summed E-state index contributed by atoms with van der Waals surface area (Å²) in [7, 11) is 3.37. The van der Waals surface area contributed by atoms with Crippen LogP contribution in [0.5, 0.6) is 0 Å². The molecule has 1 aliphatic carbocycles. The van der Waals surface area contributed by atoms with Crippen molar-refractivity contribution in [2.75, 3.05) is 39.0 Å². The number of nitrogens with one attached hydrogen (secondary N) is 2. The predicted octanol–water partition coefficient (Wildman–Crippen LogP) is 2.81. The van der Waals surface area contributed by atoms with Gasteiger partial charge in [-0.2, -0.15) is 0 Å². The summed E-state index contributed by atoms with van der Waals surface area (Å²) in [6.45, 7) is 2.71. The zero-order chi connectivity index (χ0) is 17.8. The number of hydrogen-bond donors (Lipinski definition) is 2. The summed E-state index contributed by atoms with van der Waals surface area (Å²) < 4.78 is 0. The Morgan fingerprint density at radius 1 is 1.15 bits per heavy atom. The third-order valence-electron chi connectivity index (χ3n) is 4.94. The van der Waals surface area contributed by atoms with E-state index in [0.717, 1.165) is 38.4 Å². The Morgan fingerprint density at radius 2 is 1.85 bits per heavy atom. The van der Waals surface area contributed by atoms with Crippen molar-refractivity contribution in [2.24, 2.45) is 5.92 Å². The first kappa shape index (κ1) is 20.5. The van der Waals surface area contributed by atoms with Gasteiger partial charge in [0.15, 0.2) is 0 Å². The molecule has 2 aliphatic rings. The topological polar surface area (TPSA) is 64.7 Å². The summed E-state index contributed by atoms with van der Waals surface area (Å²) in [6, 6.07) is 7.50. The first-order valence-electron chi connectivity index (χ1n) is 9.14. The van der Waals surface area contributed by atoms with Gasteiger partial charge in [-0.05, 0) is 56.3 Å². The van der Waals surface area contributed by atoms with Crippen LogP contribution in [0.2, 0.25) is 0 Å². The molecular formula is C19H29ClN4O2. The van der Waals surface area contributed by atoms with Gasteiger partial charge in [0.05, 0.1) is 0 Å². The van der Waals surface area contributed by atoms with Gasteiger partial charge < -0.3 is 20.4 Å². The van der Waals surface area contributed by atoms with Crippen LogP contribution in [0.1, 0.15) is 36.0 Å². The molecule has 1 saturated heterocycles. The first-order valence-corrected chi connectivity index (χ1v) is 9.14. The van der Waals surface area contributed by atoms with E-state index in [2.05, 4.69) is 10.6 Å². The van der Waals surface area contributed by atoms with Crippen molar-refractivity contribution >= 4 is 30.0 Å². The average molecular weight is 381 g/mol. The van der Waals surface area contributed by atoms with Crippen molar-refractivity contribution < 1.29 is 9.59 Å². The van der Waals surface area contributed by atoms with Crippen LogP contribution < -0.4 is 10.6 Å². The minimum absolute atomic E-state index is 0. The Kier molecular flexibility index (Phi) is 7.29. The van der Waals surface area contributed by atoms with Gasteiger partial charge in [0, 0.05) is 44.5 Å². The number of urea groups is 1. The second kappa shape index (κ2) is 9.24. The summed E-state index contributed by atoms with van der Waals surface area (Å²) >= 11 is 0. The zero-order valence-electron chi connectivity index (χ0n) is 15.5. The Bertz CT molecular complexity index is 626. The van der Waals surface area contributed by atoms with Gasteiger partial charge in [0.1, 0.15) is 0 Å². The fourth-order valence-corrected chi connectivity index (χ4v) is 3.09. The van der Waals surface area contributed by atoms with Crippen molar-refractivity contribution in [3.63, 3.8) is 0 Å². The molecular weight excluding hydrogens is 352 g/mol. The summed E-state index contributed by atoms with van der Waals surface area (Å²) in [6.07, 6.45) is 4.75. The molecule has 2 N–H and O–H groups in total. The highest BCUT2D eigenvalue weighted by molar-refractivity contribution is 5.96. The number of carbonyl (C=O) groups is 2. The lowest BCUT2D eigenvalue weighted by Crippen LogP contribution is -2.45. The predicted molar refractivity (Wildman–Crippen MR) is 106 cm³/mol. The maximum atomic E-state index is 12.7. The third-order valence-corrected chi connectivity index (χ3v) is 4.94. The van der Waals surface area contributed by atoms with E-state index in [1.807, 2.05) is 17.0 Å². The maximum absolute atomic E-state index is 12.7. The molecule has 7 heteroatoms. The molecule has 6 nitrogen and oxygen atoms in total. The largest absolute Gasteiger partial charge is 0.339 e. The minimum atomic E-state index is -0.202. The van der Waals surface area contributed by atoms with Crippen LogP contribution in [-0.4, -0.2) is 61.5 Å². The van der Waals surface area contributed by atoms with Crippen LogP contribution in [0.4, 0.5) is 10.5 Å². The normalized spacial score (nSPS) is 17.4. The van der Waals surface area contributed by atoms with Gasteiger partial charge in [-0.1, -0.05) is 6.07 Å². The molecule has 0 aromatic heterocycles. The van der Waals surface area contributed by atoms with Gasteiger partial charge in [-0.25, -0.2) is 4.79 Å². The highest BCUT2D eigenvalue weighted by Gasteiger charge is 2.26. The van der Waals surface area contributed by atoms with Gasteiger partial charge >= 0.3 is 6.03 Å². The van der Waals surface area contributed by atoms with Crippen molar-refractivity contribution in [2.45, 2.75) is 31.7 Å². The van der Waals surface area contributed by atoms with Crippen LogP contribution in [-0.2, 0) is 0 Å². The molecule has 1 aromatic carbocycles. The second-order valence-electron chi connectivity index (χ2n) is 7.32. The second-order valence-corrected chi connectivity index (χ2v) is 7.32. The smallest absolute Gasteiger partial charge is 0.321 e. The van der Waals surface area contributed by atoms with Gasteiger partial charge in [0.25, 0.3) is 5.91 Å². The molecule has 0 atom stereocenters. The number of anilines is 1. The third kappa shape index (κ3) is 5.61. The number of carbonyl (C=O) groups excluding carboxylic acids is 2. The average Bonchev–Trinajstić information content (AvgIpc) is 3.44. The van der Waals surface area contributed by atoms with Gasteiger partial charge in [-0.15, -0.1) is 12.4 Å². The monoisotopic (exact) mass is 380 g/mol. The molecule has 1 aromatic rings. The Hall–Kier alpha value is -1.79. The van der Waals surface area contributed by atoms with E-state index < -0.39 is 0 Å². The summed E-state index contributed by atoms with van der Waals surface area (Å²) in [5, 5.41) is 6.42. The van der Waals surface area contributed by atoms with E-state index in [1.54, 1.807) is 26.2 Å². The number of halogens is 1.